The number of benzene rings is 3. The van der Waals surface area contributed by atoms with Crippen LogP contribution in [0, 0.1) is 11.6 Å². The van der Waals surface area contributed by atoms with Gasteiger partial charge in [0.05, 0.1) is 22.2 Å². The number of anilines is 1. The van der Waals surface area contributed by atoms with E-state index in [4.69, 9.17) is 16.3 Å². The molecule has 0 aliphatic rings. The Labute approximate surface area is 195 Å². The van der Waals surface area contributed by atoms with Crippen LogP contribution in [0.1, 0.15) is 12.5 Å². The first-order valence-corrected chi connectivity index (χ1v) is 11.8. The second-order valence-corrected chi connectivity index (χ2v) is 9.12. The standard InChI is InChI=1S/C23H21ClF2N2O4S/c1-2-32-22-11-9-17(14-18(22)24)33(30,31)28-21(12-15-6-4-3-5-7-15)23(29)27-20-10-8-16(25)13-19(20)26/h3-11,13-14,21,28H,2,12H2,1H3,(H,27,29). The molecule has 3 aromatic carbocycles. The van der Waals surface area contributed by atoms with E-state index in [0.29, 0.717) is 24.0 Å². The molecule has 0 aliphatic heterocycles. The van der Waals surface area contributed by atoms with Crippen molar-refractivity contribution in [2.45, 2.75) is 24.3 Å². The highest BCUT2D eigenvalue weighted by Crippen LogP contribution is 2.27. The van der Waals surface area contributed by atoms with Crippen LogP contribution in [0.15, 0.2) is 71.6 Å². The molecule has 2 N–H and O–H groups in total. The van der Waals surface area contributed by atoms with Gasteiger partial charge in [0.2, 0.25) is 15.9 Å². The maximum atomic E-state index is 14.0. The van der Waals surface area contributed by atoms with Crippen molar-refractivity contribution < 1.29 is 26.7 Å². The first-order chi connectivity index (χ1) is 15.7. The Balaban J connectivity index is 1.88. The quantitative estimate of drug-likeness (QED) is 0.457. The van der Waals surface area contributed by atoms with E-state index in [2.05, 4.69) is 10.0 Å². The van der Waals surface area contributed by atoms with Crippen LogP contribution < -0.4 is 14.8 Å². The summed E-state index contributed by atoms with van der Waals surface area (Å²) in [5.41, 5.74) is 0.396. The van der Waals surface area contributed by atoms with Gasteiger partial charge < -0.3 is 10.1 Å². The smallest absolute Gasteiger partial charge is 0.242 e. The van der Waals surface area contributed by atoms with Crippen LogP contribution in [0.4, 0.5) is 14.5 Å². The molecular formula is C23H21ClF2N2O4S. The van der Waals surface area contributed by atoms with Gasteiger partial charge in [-0.15, -0.1) is 0 Å². The summed E-state index contributed by atoms with van der Waals surface area (Å²) in [5.74, 6) is -2.28. The van der Waals surface area contributed by atoms with Crippen LogP contribution in [0.25, 0.3) is 0 Å². The van der Waals surface area contributed by atoms with Crippen LogP contribution in [0.2, 0.25) is 5.02 Å². The molecule has 0 aromatic heterocycles. The molecule has 1 unspecified atom stereocenters. The van der Waals surface area contributed by atoms with Crippen LogP contribution in [0.3, 0.4) is 0 Å². The minimum absolute atomic E-state index is 0.0144. The number of sulfonamides is 1. The number of ether oxygens (including phenoxy) is 1. The highest BCUT2D eigenvalue weighted by molar-refractivity contribution is 7.89. The van der Waals surface area contributed by atoms with Crippen molar-refractivity contribution in [1.82, 2.24) is 4.72 Å². The first kappa shape index (κ1) is 24.6. The average Bonchev–Trinajstić information content (AvgIpc) is 2.77. The number of rotatable bonds is 9. The minimum Gasteiger partial charge on any atom is -0.492 e. The Hall–Kier alpha value is -3.01. The fourth-order valence-corrected chi connectivity index (χ4v) is 4.55. The number of nitrogens with one attached hydrogen (secondary N) is 2. The van der Waals surface area contributed by atoms with E-state index in [1.54, 1.807) is 37.3 Å². The van der Waals surface area contributed by atoms with Crippen molar-refractivity contribution >= 4 is 33.2 Å². The van der Waals surface area contributed by atoms with Gasteiger partial charge in [0.1, 0.15) is 23.4 Å². The van der Waals surface area contributed by atoms with Crippen molar-refractivity contribution in [2.24, 2.45) is 0 Å². The second-order valence-electron chi connectivity index (χ2n) is 7.00. The van der Waals surface area contributed by atoms with Gasteiger partial charge in [0.15, 0.2) is 0 Å². The third kappa shape index (κ3) is 6.50. The van der Waals surface area contributed by atoms with Gasteiger partial charge in [-0.3, -0.25) is 4.79 Å². The molecule has 33 heavy (non-hydrogen) atoms. The molecule has 1 amide bonds. The Morgan fingerprint density at radius 3 is 2.42 bits per heavy atom. The van der Waals surface area contributed by atoms with Crippen molar-refractivity contribution in [3.8, 4) is 5.75 Å². The Morgan fingerprint density at radius 2 is 1.79 bits per heavy atom. The number of carbonyl (C=O) groups is 1. The first-order valence-electron chi connectivity index (χ1n) is 9.94. The van der Waals surface area contributed by atoms with Gasteiger partial charge in [-0.25, -0.2) is 17.2 Å². The molecule has 0 saturated heterocycles. The van der Waals surface area contributed by atoms with E-state index < -0.39 is 33.6 Å². The highest BCUT2D eigenvalue weighted by Gasteiger charge is 2.27. The lowest BCUT2D eigenvalue weighted by Crippen LogP contribution is -2.45. The largest absolute Gasteiger partial charge is 0.492 e. The average molecular weight is 495 g/mol. The van der Waals surface area contributed by atoms with Gasteiger partial charge in [-0.1, -0.05) is 41.9 Å². The van der Waals surface area contributed by atoms with Crippen LogP contribution in [-0.4, -0.2) is 27.0 Å². The fourth-order valence-electron chi connectivity index (χ4n) is 3.02. The normalized spacial score (nSPS) is 12.2. The molecule has 0 heterocycles. The van der Waals surface area contributed by atoms with E-state index in [1.807, 2.05) is 0 Å². The summed E-state index contributed by atoms with van der Waals surface area (Å²) in [7, 11) is -4.19. The molecule has 1 atom stereocenters. The number of amides is 1. The number of hydrogen-bond donors (Lipinski definition) is 2. The predicted molar refractivity (Wildman–Crippen MR) is 122 cm³/mol. The van der Waals surface area contributed by atoms with E-state index >= 15 is 0 Å². The highest BCUT2D eigenvalue weighted by atomic mass is 35.5. The van der Waals surface area contributed by atoms with E-state index in [0.717, 1.165) is 12.1 Å². The zero-order valence-corrected chi connectivity index (χ0v) is 19.1. The Morgan fingerprint density at radius 1 is 1.06 bits per heavy atom. The van der Waals surface area contributed by atoms with Crippen LogP contribution in [-0.2, 0) is 21.2 Å². The summed E-state index contributed by atoms with van der Waals surface area (Å²) in [6.45, 7) is 2.11. The summed E-state index contributed by atoms with van der Waals surface area (Å²) in [6, 6.07) is 14.0. The van der Waals surface area contributed by atoms with Crippen molar-refractivity contribution in [3.05, 3.63) is 89.0 Å². The van der Waals surface area contributed by atoms with Gasteiger partial charge in [0, 0.05) is 6.07 Å². The second kappa shape index (κ2) is 10.7. The summed E-state index contributed by atoms with van der Waals surface area (Å²) in [4.78, 5) is 12.8. The molecular weight excluding hydrogens is 474 g/mol. The van der Waals surface area contributed by atoms with Gasteiger partial charge in [-0.05, 0) is 49.2 Å². The lowest BCUT2D eigenvalue weighted by molar-refractivity contribution is -0.117. The molecule has 0 radical (unpaired) electrons. The molecule has 0 fully saturated rings. The molecule has 174 valence electrons. The molecule has 0 bridgehead atoms. The van der Waals surface area contributed by atoms with Gasteiger partial charge >= 0.3 is 0 Å². The van der Waals surface area contributed by atoms with E-state index in [9.17, 15) is 22.0 Å². The number of halogens is 3. The monoisotopic (exact) mass is 494 g/mol. The molecule has 0 spiro atoms. The summed E-state index contributed by atoms with van der Waals surface area (Å²) in [5, 5.41) is 2.41. The van der Waals surface area contributed by atoms with Crippen LogP contribution in [0.5, 0.6) is 5.75 Å². The SMILES string of the molecule is CCOc1ccc(S(=O)(=O)NC(Cc2ccccc2)C(=O)Nc2ccc(F)cc2F)cc1Cl. The zero-order valence-electron chi connectivity index (χ0n) is 17.5. The van der Waals surface area contributed by atoms with Gasteiger partial charge in [-0.2, -0.15) is 4.72 Å². The summed E-state index contributed by atoms with van der Waals surface area (Å²) in [6.07, 6.45) is -0.0144. The van der Waals surface area contributed by atoms with Crippen molar-refractivity contribution in [1.29, 1.82) is 0 Å². The molecule has 10 heteroatoms. The summed E-state index contributed by atoms with van der Waals surface area (Å²) >= 11 is 6.11. The lowest BCUT2D eigenvalue weighted by atomic mass is 10.1. The topological polar surface area (TPSA) is 84.5 Å². The maximum absolute atomic E-state index is 14.0. The summed E-state index contributed by atoms with van der Waals surface area (Å²) < 4.78 is 60.9. The van der Waals surface area contributed by atoms with Crippen LogP contribution >= 0.6 is 11.6 Å². The molecule has 3 rings (SSSR count). The van der Waals surface area contributed by atoms with E-state index in [1.165, 1.54) is 18.2 Å². The fraction of sp³-hybridized carbons (Fsp3) is 0.174. The lowest BCUT2D eigenvalue weighted by Gasteiger charge is -2.19. The Bertz CT molecular complexity index is 1240. The van der Waals surface area contributed by atoms with Gasteiger partial charge in [0.25, 0.3) is 0 Å². The predicted octanol–water partition coefficient (Wildman–Crippen LogP) is 4.55. The maximum Gasteiger partial charge on any atom is 0.242 e. The minimum atomic E-state index is -4.19. The third-order valence-corrected chi connectivity index (χ3v) is 6.36. The third-order valence-electron chi connectivity index (χ3n) is 4.60. The molecule has 3 aromatic rings. The zero-order chi connectivity index (χ0) is 24.0. The molecule has 0 aliphatic carbocycles. The molecule has 0 saturated carbocycles. The molecule has 6 nitrogen and oxygen atoms in total. The number of carbonyl (C=O) groups excluding carboxylic acids is 1. The Kier molecular flexibility index (Phi) is 8.01. The van der Waals surface area contributed by atoms with Crippen molar-refractivity contribution in [3.63, 3.8) is 0 Å². The van der Waals surface area contributed by atoms with Crippen molar-refractivity contribution in [2.75, 3.05) is 11.9 Å². The number of hydrogen-bond acceptors (Lipinski definition) is 4. The van der Waals surface area contributed by atoms with E-state index in [-0.39, 0.29) is 22.0 Å².